The van der Waals surface area contributed by atoms with Gasteiger partial charge in [-0.25, -0.2) is 0 Å². The predicted molar refractivity (Wildman–Crippen MR) is 128 cm³/mol. The van der Waals surface area contributed by atoms with Crippen LogP contribution in [0.4, 0.5) is 0 Å². The second kappa shape index (κ2) is 8.12. The van der Waals surface area contributed by atoms with Crippen molar-refractivity contribution in [3.63, 3.8) is 0 Å². The minimum Gasteiger partial charge on any atom is -0.253 e. The molecule has 4 rings (SSSR count). The number of hydrogen-bond acceptors (Lipinski definition) is 1. The van der Waals surface area contributed by atoms with Gasteiger partial charge < -0.3 is 0 Å². The fraction of sp³-hybridized carbons (Fsp3) is 0.0357. The Bertz CT molecular complexity index is 1290. The van der Waals surface area contributed by atoms with Gasteiger partial charge in [-0.2, -0.15) is 0 Å². The lowest BCUT2D eigenvalue weighted by atomic mass is 9.99. The molecule has 0 aliphatic rings. The van der Waals surface area contributed by atoms with Gasteiger partial charge >= 0.3 is 0 Å². The molecule has 1 heteroatoms. The van der Waals surface area contributed by atoms with Gasteiger partial charge in [-0.05, 0) is 63.9 Å². The molecule has 0 atom stereocenters. The number of nitrogens with zero attached hydrogens (tertiary/aromatic N) is 1. The van der Waals surface area contributed by atoms with Gasteiger partial charge in [0, 0.05) is 11.3 Å². The van der Waals surface area contributed by atoms with Crippen molar-refractivity contribution in [2.45, 2.75) is 6.92 Å². The minimum atomic E-state index is 0.871. The molecule has 0 N–H and O–H groups in total. The van der Waals surface area contributed by atoms with E-state index in [1.165, 1.54) is 21.5 Å². The van der Waals surface area contributed by atoms with Crippen molar-refractivity contribution in [2.24, 2.45) is 4.99 Å². The van der Waals surface area contributed by atoms with Crippen LogP contribution in [0.25, 0.3) is 32.8 Å². The molecule has 0 unspecified atom stereocenters. The largest absolute Gasteiger partial charge is 0.253 e. The molecule has 29 heavy (non-hydrogen) atoms. The van der Waals surface area contributed by atoms with Crippen LogP contribution in [0.1, 0.15) is 18.1 Å². The average molecular weight is 373 g/mol. The highest BCUT2D eigenvalue weighted by Gasteiger charge is 2.06. The monoisotopic (exact) mass is 373 g/mol. The van der Waals surface area contributed by atoms with Crippen LogP contribution >= 0.6 is 0 Å². The quantitative estimate of drug-likeness (QED) is 0.251. The SMILES string of the molecule is C=CC(C)=NC(=CC(=C)c1ccc2ccccc2c1)c1ccc2ccccc2c1. The van der Waals surface area contributed by atoms with Gasteiger partial charge in [-0.15, -0.1) is 0 Å². The van der Waals surface area contributed by atoms with E-state index in [2.05, 4.69) is 104 Å². The molecule has 0 fully saturated rings. The standard InChI is InChI=1S/C28H23N/c1-4-21(3)29-28(27-16-14-23-10-6-8-12-26(23)19-27)17-20(2)24-15-13-22-9-5-7-11-25(22)18-24/h4-19H,1-2H2,3H3. The van der Waals surface area contributed by atoms with Crippen molar-refractivity contribution in [3.8, 4) is 0 Å². The first kappa shape index (κ1) is 18.6. The van der Waals surface area contributed by atoms with Crippen LogP contribution in [0.15, 0.2) is 115 Å². The minimum absolute atomic E-state index is 0.871. The summed E-state index contributed by atoms with van der Waals surface area (Å²) in [6, 6.07) is 29.6. The molecule has 0 bridgehead atoms. The van der Waals surface area contributed by atoms with Gasteiger partial charge in [0.1, 0.15) is 0 Å². The smallest absolute Gasteiger partial charge is 0.0711 e. The van der Waals surface area contributed by atoms with Crippen LogP contribution < -0.4 is 0 Å². The Morgan fingerprint density at radius 1 is 0.724 bits per heavy atom. The Labute approximate surface area is 172 Å². The average Bonchev–Trinajstić information content (AvgIpc) is 2.77. The van der Waals surface area contributed by atoms with Crippen LogP contribution in [0.5, 0.6) is 0 Å². The molecule has 4 aromatic rings. The van der Waals surface area contributed by atoms with Gasteiger partial charge in [0.15, 0.2) is 0 Å². The van der Waals surface area contributed by atoms with E-state index < -0.39 is 0 Å². The maximum Gasteiger partial charge on any atom is 0.0711 e. The Morgan fingerprint density at radius 3 is 1.83 bits per heavy atom. The van der Waals surface area contributed by atoms with Crippen molar-refractivity contribution in [2.75, 3.05) is 0 Å². The van der Waals surface area contributed by atoms with Gasteiger partial charge in [0.25, 0.3) is 0 Å². The van der Waals surface area contributed by atoms with E-state index in [0.29, 0.717) is 0 Å². The molecule has 0 saturated heterocycles. The summed E-state index contributed by atoms with van der Waals surface area (Å²) in [5.41, 5.74) is 4.84. The van der Waals surface area contributed by atoms with Crippen LogP contribution in [-0.4, -0.2) is 5.71 Å². The van der Waals surface area contributed by atoms with Gasteiger partial charge in [-0.3, -0.25) is 4.99 Å². The van der Waals surface area contributed by atoms with Crippen LogP contribution in [0, 0.1) is 0 Å². The number of benzene rings is 4. The molecule has 140 valence electrons. The predicted octanol–water partition coefficient (Wildman–Crippen LogP) is 7.69. The first-order chi connectivity index (χ1) is 14.1. The molecular formula is C28H23N. The van der Waals surface area contributed by atoms with E-state index >= 15 is 0 Å². The topological polar surface area (TPSA) is 12.4 Å². The van der Waals surface area contributed by atoms with Crippen molar-refractivity contribution >= 4 is 38.5 Å². The highest BCUT2D eigenvalue weighted by Crippen LogP contribution is 2.27. The van der Waals surface area contributed by atoms with Crippen LogP contribution in [0.2, 0.25) is 0 Å². The summed E-state index contributed by atoms with van der Waals surface area (Å²) in [6.45, 7) is 10.1. The third-order valence-corrected chi connectivity index (χ3v) is 5.07. The van der Waals surface area contributed by atoms with E-state index in [4.69, 9.17) is 4.99 Å². The molecule has 0 aliphatic carbocycles. The Morgan fingerprint density at radius 2 is 1.24 bits per heavy atom. The molecule has 0 saturated carbocycles. The van der Waals surface area contributed by atoms with E-state index in [0.717, 1.165) is 28.1 Å². The highest BCUT2D eigenvalue weighted by atomic mass is 14.7. The maximum atomic E-state index is 4.80. The van der Waals surface area contributed by atoms with Gasteiger partial charge in [0.2, 0.25) is 0 Å². The zero-order chi connectivity index (χ0) is 20.2. The first-order valence-electron chi connectivity index (χ1n) is 9.71. The number of allylic oxidation sites excluding steroid dienone is 3. The molecular weight excluding hydrogens is 350 g/mol. The van der Waals surface area contributed by atoms with Crippen molar-refractivity contribution in [1.29, 1.82) is 0 Å². The molecule has 0 aliphatic heterocycles. The van der Waals surface area contributed by atoms with Crippen LogP contribution in [0.3, 0.4) is 0 Å². The lowest BCUT2D eigenvalue weighted by molar-refractivity contribution is 1.50. The summed E-state index contributed by atoms with van der Waals surface area (Å²) in [7, 11) is 0. The number of fused-ring (bicyclic) bond motifs is 2. The van der Waals surface area contributed by atoms with Crippen molar-refractivity contribution < 1.29 is 0 Å². The molecule has 0 heterocycles. The summed E-state index contributed by atoms with van der Waals surface area (Å²) < 4.78 is 0. The lowest BCUT2D eigenvalue weighted by Gasteiger charge is -2.09. The molecule has 0 spiro atoms. The van der Waals surface area contributed by atoms with Gasteiger partial charge in [-0.1, -0.05) is 86.0 Å². The summed E-state index contributed by atoms with van der Waals surface area (Å²) in [5, 5.41) is 4.84. The zero-order valence-electron chi connectivity index (χ0n) is 16.6. The summed E-state index contributed by atoms with van der Waals surface area (Å²) >= 11 is 0. The zero-order valence-corrected chi connectivity index (χ0v) is 16.6. The van der Waals surface area contributed by atoms with E-state index in [-0.39, 0.29) is 0 Å². The molecule has 4 aromatic carbocycles. The third-order valence-electron chi connectivity index (χ3n) is 5.07. The maximum absolute atomic E-state index is 4.80. The van der Waals surface area contributed by atoms with E-state index in [1.54, 1.807) is 6.08 Å². The Hall–Kier alpha value is -3.71. The van der Waals surface area contributed by atoms with E-state index in [1.807, 2.05) is 6.92 Å². The number of rotatable bonds is 5. The van der Waals surface area contributed by atoms with Crippen molar-refractivity contribution in [1.82, 2.24) is 0 Å². The Kier molecular flexibility index (Phi) is 5.22. The van der Waals surface area contributed by atoms with Gasteiger partial charge in [0.05, 0.1) is 5.70 Å². The lowest BCUT2D eigenvalue weighted by Crippen LogP contribution is -1.90. The number of aliphatic imine (C=N–C) groups is 1. The normalized spacial score (nSPS) is 12.3. The molecule has 1 nitrogen and oxygen atoms in total. The van der Waals surface area contributed by atoms with E-state index in [9.17, 15) is 0 Å². The number of hydrogen-bond donors (Lipinski definition) is 0. The van der Waals surface area contributed by atoms with Crippen LogP contribution in [-0.2, 0) is 0 Å². The first-order valence-corrected chi connectivity index (χ1v) is 9.71. The molecule has 0 amide bonds. The summed E-state index contributed by atoms with van der Waals surface area (Å²) in [6.07, 6.45) is 3.83. The fourth-order valence-corrected chi connectivity index (χ4v) is 3.40. The third kappa shape index (κ3) is 4.09. The second-order valence-corrected chi connectivity index (χ2v) is 7.14. The second-order valence-electron chi connectivity index (χ2n) is 7.14. The van der Waals surface area contributed by atoms with Crippen molar-refractivity contribution in [3.05, 3.63) is 121 Å². The Balaban J connectivity index is 1.79. The summed E-state index contributed by atoms with van der Waals surface area (Å²) in [5.74, 6) is 0. The molecule has 0 radical (unpaired) electrons. The fourth-order valence-electron chi connectivity index (χ4n) is 3.40. The summed E-state index contributed by atoms with van der Waals surface area (Å²) in [4.78, 5) is 4.80. The highest BCUT2D eigenvalue weighted by molar-refractivity contribution is 5.99. The molecule has 0 aromatic heterocycles.